The molecule has 2 aromatic heterocycles. The van der Waals surface area contributed by atoms with Crippen LogP contribution < -0.4 is 5.32 Å². The monoisotopic (exact) mass is 374 g/mol. The van der Waals surface area contributed by atoms with Gasteiger partial charge in [-0.15, -0.1) is 11.3 Å². The second kappa shape index (κ2) is 7.14. The van der Waals surface area contributed by atoms with Crippen molar-refractivity contribution in [1.82, 2.24) is 4.90 Å². The van der Waals surface area contributed by atoms with Crippen molar-refractivity contribution >= 4 is 44.7 Å². The summed E-state index contributed by atoms with van der Waals surface area (Å²) in [4.78, 5) is 26.2. The molecule has 0 aliphatic carbocycles. The normalized spacial score (nSPS) is 14.2. The molecule has 0 atom stereocenters. The number of carbonyl (C=O) groups is 1. The standard InChI is InChI=1S/C16H14N4O3S2/c1-19-7-6-11-12(8-17)16(25-13(11)9-19)18-14(21)4-2-10-3-5-15(24-10)20(22)23/h2-5H,6-7,9H2,1H3,(H,18,21). The summed E-state index contributed by atoms with van der Waals surface area (Å²) in [5.74, 6) is -0.362. The lowest BCUT2D eigenvalue weighted by Gasteiger charge is -2.21. The number of nitriles is 1. The van der Waals surface area contributed by atoms with Crippen LogP contribution in [0.3, 0.4) is 0 Å². The third-order valence-electron chi connectivity index (χ3n) is 3.79. The fourth-order valence-electron chi connectivity index (χ4n) is 2.58. The van der Waals surface area contributed by atoms with Gasteiger partial charge in [0.05, 0.1) is 10.5 Å². The Morgan fingerprint density at radius 3 is 2.96 bits per heavy atom. The summed E-state index contributed by atoms with van der Waals surface area (Å²) < 4.78 is 0. The highest BCUT2D eigenvalue weighted by Crippen LogP contribution is 2.36. The first-order valence-electron chi connectivity index (χ1n) is 7.44. The van der Waals surface area contributed by atoms with Crippen molar-refractivity contribution in [2.45, 2.75) is 13.0 Å². The smallest absolute Gasteiger partial charge is 0.313 e. The number of hydrogen-bond acceptors (Lipinski definition) is 7. The van der Waals surface area contributed by atoms with Crippen molar-refractivity contribution in [1.29, 1.82) is 5.26 Å². The van der Waals surface area contributed by atoms with E-state index in [1.165, 1.54) is 29.6 Å². The Labute approximate surface area is 152 Å². The number of hydrogen-bond donors (Lipinski definition) is 1. The molecule has 0 spiro atoms. The molecule has 9 heteroatoms. The van der Waals surface area contributed by atoms with Gasteiger partial charge in [0, 0.05) is 35.0 Å². The Morgan fingerprint density at radius 2 is 2.28 bits per heavy atom. The summed E-state index contributed by atoms with van der Waals surface area (Å²) in [5, 5.41) is 23.4. The fourth-order valence-corrected chi connectivity index (χ4v) is 4.58. The van der Waals surface area contributed by atoms with Gasteiger partial charge in [0.2, 0.25) is 5.91 Å². The molecule has 0 radical (unpaired) electrons. The number of rotatable bonds is 4. The lowest BCUT2D eigenvalue weighted by atomic mass is 10.0. The minimum absolute atomic E-state index is 0.0295. The molecule has 25 heavy (non-hydrogen) atoms. The van der Waals surface area contributed by atoms with Crippen molar-refractivity contribution in [3.63, 3.8) is 0 Å². The van der Waals surface area contributed by atoms with E-state index in [0.717, 1.165) is 41.3 Å². The molecule has 7 nitrogen and oxygen atoms in total. The second-order valence-electron chi connectivity index (χ2n) is 5.56. The van der Waals surface area contributed by atoms with Gasteiger partial charge in [0.25, 0.3) is 0 Å². The molecule has 1 N–H and O–H groups in total. The molecule has 3 heterocycles. The zero-order valence-electron chi connectivity index (χ0n) is 13.3. The van der Waals surface area contributed by atoms with Crippen LogP contribution in [0.15, 0.2) is 18.2 Å². The molecule has 0 saturated carbocycles. The third-order valence-corrected chi connectivity index (χ3v) is 5.92. The van der Waals surface area contributed by atoms with Crippen molar-refractivity contribution in [3.8, 4) is 6.07 Å². The maximum Gasteiger partial charge on any atom is 0.324 e. The van der Waals surface area contributed by atoms with Crippen LogP contribution in [0.4, 0.5) is 10.0 Å². The second-order valence-corrected chi connectivity index (χ2v) is 7.76. The number of anilines is 1. The summed E-state index contributed by atoms with van der Waals surface area (Å²) in [5.41, 5.74) is 1.57. The van der Waals surface area contributed by atoms with Gasteiger partial charge in [-0.3, -0.25) is 14.9 Å². The van der Waals surface area contributed by atoms with Crippen LogP contribution in [-0.4, -0.2) is 29.3 Å². The lowest BCUT2D eigenvalue weighted by molar-refractivity contribution is -0.380. The Bertz CT molecular complexity index is 907. The molecule has 0 bridgehead atoms. The average molecular weight is 374 g/mol. The fraction of sp³-hybridized carbons (Fsp3) is 0.250. The minimum atomic E-state index is -0.464. The van der Waals surface area contributed by atoms with Gasteiger partial charge >= 0.3 is 5.00 Å². The zero-order valence-corrected chi connectivity index (χ0v) is 14.9. The number of nitrogens with zero attached hydrogens (tertiary/aromatic N) is 3. The van der Waals surface area contributed by atoms with Crippen molar-refractivity contribution in [2.24, 2.45) is 0 Å². The molecule has 0 aromatic carbocycles. The highest BCUT2D eigenvalue weighted by atomic mass is 32.1. The van der Waals surface area contributed by atoms with E-state index in [9.17, 15) is 20.2 Å². The van der Waals surface area contributed by atoms with Crippen LogP contribution in [0, 0.1) is 21.4 Å². The predicted molar refractivity (Wildman–Crippen MR) is 97.7 cm³/mol. The number of fused-ring (bicyclic) bond motifs is 1. The number of thiophene rings is 2. The Hall–Kier alpha value is -2.54. The average Bonchev–Trinajstić information content (AvgIpc) is 3.16. The van der Waals surface area contributed by atoms with E-state index in [1.54, 1.807) is 6.07 Å². The van der Waals surface area contributed by atoms with Crippen LogP contribution in [0.2, 0.25) is 0 Å². The van der Waals surface area contributed by atoms with Crippen molar-refractivity contribution in [2.75, 3.05) is 18.9 Å². The SMILES string of the molecule is CN1CCc2c(sc(NC(=O)C=Cc3ccc([N+](=O)[O-])s3)c2C#N)C1. The minimum Gasteiger partial charge on any atom is -0.313 e. The van der Waals surface area contributed by atoms with Crippen LogP contribution in [0.5, 0.6) is 0 Å². The van der Waals surface area contributed by atoms with Crippen molar-refractivity contribution in [3.05, 3.63) is 49.2 Å². The van der Waals surface area contributed by atoms with Gasteiger partial charge in [-0.05, 0) is 31.2 Å². The largest absolute Gasteiger partial charge is 0.324 e. The quantitative estimate of drug-likeness (QED) is 0.503. The van der Waals surface area contributed by atoms with Gasteiger partial charge in [-0.25, -0.2) is 0 Å². The molecule has 1 aliphatic rings. The maximum atomic E-state index is 12.1. The molecule has 0 saturated heterocycles. The molecule has 2 aromatic rings. The van der Waals surface area contributed by atoms with Gasteiger partial charge in [-0.1, -0.05) is 11.3 Å². The Kier molecular flexibility index (Phi) is 4.94. The summed E-state index contributed by atoms with van der Waals surface area (Å²) in [6, 6.07) is 5.19. The van der Waals surface area contributed by atoms with E-state index in [2.05, 4.69) is 16.3 Å². The number of amides is 1. The first-order chi connectivity index (χ1) is 12.0. The lowest BCUT2D eigenvalue weighted by Crippen LogP contribution is -2.25. The van der Waals surface area contributed by atoms with Crippen LogP contribution in [-0.2, 0) is 17.8 Å². The van der Waals surface area contributed by atoms with Crippen LogP contribution >= 0.6 is 22.7 Å². The highest BCUT2D eigenvalue weighted by molar-refractivity contribution is 7.17. The Morgan fingerprint density at radius 1 is 1.48 bits per heavy atom. The molecule has 1 amide bonds. The summed E-state index contributed by atoms with van der Waals surface area (Å²) in [7, 11) is 2.02. The molecule has 1 aliphatic heterocycles. The van der Waals surface area contributed by atoms with Gasteiger partial charge in [0.1, 0.15) is 11.1 Å². The molecular weight excluding hydrogens is 360 g/mol. The number of carbonyl (C=O) groups excluding carboxylic acids is 1. The summed E-state index contributed by atoms with van der Waals surface area (Å²) in [6.07, 6.45) is 3.65. The molecule has 3 rings (SSSR count). The van der Waals surface area contributed by atoms with E-state index < -0.39 is 4.92 Å². The number of likely N-dealkylation sites (N-methyl/N-ethyl adjacent to an activating group) is 1. The van der Waals surface area contributed by atoms with E-state index in [-0.39, 0.29) is 10.9 Å². The Balaban J connectivity index is 1.73. The van der Waals surface area contributed by atoms with Crippen LogP contribution in [0.25, 0.3) is 6.08 Å². The first kappa shape index (κ1) is 17.3. The van der Waals surface area contributed by atoms with Gasteiger partial charge in [0.15, 0.2) is 0 Å². The highest BCUT2D eigenvalue weighted by Gasteiger charge is 2.23. The van der Waals surface area contributed by atoms with Gasteiger partial charge < -0.3 is 10.2 Å². The molecule has 0 unspecified atom stereocenters. The number of nitro groups is 1. The molecular formula is C16H14N4O3S2. The van der Waals surface area contributed by atoms with Crippen molar-refractivity contribution < 1.29 is 9.72 Å². The topological polar surface area (TPSA) is 99.3 Å². The zero-order chi connectivity index (χ0) is 18.0. The van der Waals surface area contributed by atoms with Gasteiger partial charge in [-0.2, -0.15) is 5.26 Å². The molecule has 0 fully saturated rings. The first-order valence-corrected chi connectivity index (χ1v) is 9.07. The van der Waals surface area contributed by atoms with E-state index >= 15 is 0 Å². The van der Waals surface area contributed by atoms with E-state index in [1.807, 2.05) is 7.05 Å². The third kappa shape index (κ3) is 3.76. The number of nitrogens with one attached hydrogen (secondary N) is 1. The molecule has 128 valence electrons. The summed E-state index contributed by atoms with van der Waals surface area (Å²) >= 11 is 2.43. The maximum absolute atomic E-state index is 12.1. The van der Waals surface area contributed by atoms with E-state index in [4.69, 9.17) is 0 Å². The van der Waals surface area contributed by atoms with Crippen LogP contribution in [0.1, 0.15) is 20.9 Å². The summed E-state index contributed by atoms with van der Waals surface area (Å²) in [6.45, 7) is 1.67. The predicted octanol–water partition coefficient (Wildman–Crippen LogP) is 3.23. The van der Waals surface area contributed by atoms with E-state index in [0.29, 0.717) is 15.4 Å².